The normalized spacial score (nSPS) is 12.0. The Bertz CT molecular complexity index is 666. The van der Waals surface area contributed by atoms with Crippen molar-refractivity contribution in [2.24, 2.45) is 5.92 Å². The largest absolute Gasteiger partial charge is 0.421 e. The van der Waals surface area contributed by atoms with E-state index in [4.69, 9.17) is 4.74 Å². The van der Waals surface area contributed by atoms with Crippen molar-refractivity contribution in [1.82, 2.24) is 9.97 Å². The fourth-order valence-corrected chi connectivity index (χ4v) is 2.74. The van der Waals surface area contributed by atoms with E-state index in [1.54, 1.807) is 12.4 Å². The Morgan fingerprint density at radius 3 is 2.31 bits per heavy atom. The van der Waals surface area contributed by atoms with Crippen molar-refractivity contribution in [3.63, 3.8) is 0 Å². The van der Waals surface area contributed by atoms with Gasteiger partial charge >= 0.3 is 5.97 Å². The van der Waals surface area contributed by atoms with Crippen LogP contribution in [-0.2, 0) is 12.8 Å². The molecule has 0 aliphatic rings. The lowest BCUT2D eigenvalue weighted by molar-refractivity contribution is 0.0721. The second-order valence-corrected chi connectivity index (χ2v) is 6.98. The van der Waals surface area contributed by atoms with Crippen LogP contribution in [0.2, 0.25) is 0 Å². The molecule has 0 saturated carbocycles. The monoisotopic (exact) mass is 354 g/mol. The molecule has 26 heavy (non-hydrogen) atoms. The topological polar surface area (TPSA) is 52.1 Å². The molecule has 0 aliphatic carbocycles. The summed E-state index contributed by atoms with van der Waals surface area (Å²) in [5.74, 6) is 0.760. The van der Waals surface area contributed by atoms with Crippen LogP contribution in [0.25, 0.3) is 0 Å². The van der Waals surface area contributed by atoms with Crippen molar-refractivity contribution < 1.29 is 9.53 Å². The van der Waals surface area contributed by atoms with Crippen LogP contribution in [0.4, 0.5) is 0 Å². The highest BCUT2D eigenvalue weighted by atomic mass is 16.5. The number of hydrogen-bond acceptors (Lipinski definition) is 4. The van der Waals surface area contributed by atoms with Gasteiger partial charge in [0.1, 0.15) is 5.75 Å². The molecule has 0 N–H and O–H groups in total. The summed E-state index contributed by atoms with van der Waals surface area (Å²) in [6.07, 6.45) is 11.4. The van der Waals surface area contributed by atoms with E-state index in [-0.39, 0.29) is 5.82 Å². The van der Waals surface area contributed by atoms with Crippen LogP contribution in [0.3, 0.4) is 0 Å². The number of ether oxygens (including phenoxy) is 1. The van der Waals surface area contributed by atoms with E-state index in [1.807, 2.05) is 24.3 Å². The van der Waals surface area contributed by atoms with Gasteiger partial charge in [-0.3, -0.25) is 0 Å². The van der Waals surface area contributed by atoms with Crippen LogP contribution in [-0.4, -0.2) is 15.9 Å². The number of rotatable bonds is 10. The number of benzene rings is 1. The zero-order valence-corrected chi connectivity index (χ0v) is 16.2. The predicted molar refractivity (Wildman–Crippen MR) is 104 cm³/mol. The van der Waals surface area contributed by atoms with E-state index in [0.29, 0.717) is 11.7 Å². The smallest absolute Gasteiger partial charge is 0.381 e. The zero-order chi connectivity index (χ0) is 18.8. The molecule has 4 nitrogen and oxygen atoms in total. The van der Waals surface area contributed by atoms with Crippen molar-refractivity contribution in [2.75, 3.05) is 0 Å². The molecular weight excluding hydrogens is 324 g/mol. The van der Waals surface area contributed by atoms with Crippen LogP contribution in [0.15, 0.2) is 36.7 Å². The second kappa shape index (κ2) is 10.7. The third-order valence-electron chi connectivity index (χ3n) is 4.62. The Kier molecular flexibility index (Phi) is 8.26. The average molecular weight is 354 g/mol. The molecule has 1 atom stereocenters. The molecule has 1 aromatic carbocycles. The van der Waals surface area contributed by atoms with Crippen molar-refractivity contribution in [3.8, 4) is 5.75 Å². The minimum absolute atomic E-state index is 0.103. The zero-order valence-electron chi connectivity index (χ0n) is 16.2. The van der Waals surface area contributed by atoms with E-state index in [2.05, 4.69) is 30.7 Å². The number of hydrogen-bond donors (Lipinski definition) is 0. The van der Waals surface area contributed by atoms with Crippen LogP contribution in [0.1, 0.15) is 74.6 Å². The Morgan fingerprint density at radius 1 is 1.00 bits per heavy atom. The summed E-state index contributed by atoms with van der Waals surface area (Å²) in [6, 6.07) is 7.68. The summed E-state index contributed by atoms with van der Waals surface area (Å²) in [4.78, 5) is 20.5. The SMILES string of the molecule is CCCCCCc1cnc(C(=O)Oc2ccc(C[C@@H](C)CC)cc2)nc1. The Hall–Kier alpha value is -2.23. The molecule has 0 fully saturated rings. The standard InChI is InChI=1S/C22H30N2O2/c1-4-6-7-8-9-19-15-23-21(24-16-19)22(25)26-20-12-10-18(11-13-20)14-17(3)5-2/h10-13,15-17H,4-9,14H2,1-3H3/t17-/m0/s1. The average Bonchev–Trinajstić information content (AvgIpc) is 2.67. The summed E-state index contributed by atoms with van der Waals surface area (Å²) in [5, 5.41) is 0. The lowest BCUT2D eigenvalue weighted by Crippen LogP contribution is -2.13. The minimum Gasteiger partial charge on any atom is -0.421 e. The molecule has 140 valence electrons. The maximum absolute atomic E-state index is 12.2. The van der Waals surface area contributed by atoms with Gasteiger partial charge in [-0.2, -0.15) is 0 Å². The summed E-state index contributed by atoms with van der Waals surface area (Å²) >= 11 is 0. The number of unbranched alkanes of at least 4 members (excludes halogenated alkanes) is 3. The van der Waals surface area contributed by atoms with Gasteiger partial charge in [0, 0.05) is 12.4 Å². The van der Waals surface area contributed by atoms with E-state index < -0.39 is 5.97 Å². The maximum Gasteiger partial charge on any atom is 0.381 e. The molecule has 2 rings (SSSR count). The van der Waals surface area contributed by atoms with Crippen LogP contribution >= 0.6 is 0 Å². The van der Waals surface area contributed by atoms with Crippen molar-refractivity contribution >= 4 is 5.97 Å². The second-order valence-electron chi connectivity index (χ2n) is 6.98. The van der Waals surface area contributed by atoms with Crippen molar-refractivity contribution in [1.29, 1.82) is 0 Å². The quantitative estimate of drug-likeness (QED) is 0.325. The maximum atomic E-state index is 12.2. The van der Waals surface area contributed by atoms with Gasteiger partial charge in [-0.15, -0.1) is 0 Å². The van der Waals surface area contributed by atoms with E-state index in [9.17, 15) is 4.79 Å². The van der Waals surface area contributed by atoms with Crippen LogP contribution in [0, 0.1) is 5.92 Å². The van der Waals surface area contributed by atoms with Gasteiger partial charge in [0.2, 0.25) is 5.82 Å². The molecule has 0 amide bonds. The summed E-state index contributed by atoms with van der Waals surface area (Å²) in [7, 11) is 0. The number of carbonyl (C=O) groups is 1. The summed E-state index contributed by atoms with van der Waals surface area (Å²) < 4.78 is 5.38. The molecule has 0 saturated heterocycles. The third-order valence-corrected chi connectivity index (χ3v) is 4.62. The lowest BCUT2D eigenvalue weighted by Gasteiger charge is -2.09. The highest BCUT2D eigenvalue weighted by molar-refractivity contribution is 5.86. The van der Waals surface area contributed by atoms with Gasteiger partial charge in [0.25, 0.3) is 0 Å². The van der Waals surface area contributed by atoms with Gasteiger partial charge in [-0.1, -0.05) is 58.6 Å². The van der Waals surface area contributed by atoms with E-state index in [0.717, 1.165) is 31.2 Å². The number of carbonyl (C=O) groups excluding carboxylic acids is 1. The predicted octanol–water partition coefficient (Wildman–Crippen LogP) is 5.41. The van der Waals surface area contributed by atoms with Gasteiger partial charge < -0.3 is 4.74 Å². The van der Waals surface area contributed by atoms with E-state index >= 15 is 0 Å². The molecule has 1 aromatic heterocycles. The first kappa shape index (κ1) is 20.1. The Morgan fingerprint density at radius 2 is 1.69 bits per heavy atom. The van der Waals surface area contributed by atoms with Gasteiger partial charge in [0.05, 0.1) is 0 Å². The van der Waals surface area contributed by atoms with Gasteiger partial charge in [0.15, 0.2) is 0 Å². The van der Waals surface area contributed by atoms with Crippen molar-refractivity contribution in [2.45, 2.75) is 65.7 Å². The molecule has 2 aromatic rings. The Balaban J connectivity index is 1.87. The fourth-order valence-electron chi connectivity index (χ4n) is 2.74. The third kappa shape index (κ3) is 6.58. The molecule has 0 aliphatic heterocycles. The first-order chi connectivity index (χ1) is 12.6. The summed E-state index contributed by atoms with van der Waals surface area (Å²) in [6.45, 7) is 6.62. The number of nitrogens with zero attached hydrogens (tertiary/aromatic N) is 2. The molecule has 4 heteroatoms. The van der Waals surface area contributed by atoms with E-state index in [1.165, 1.54) is 24.8 Å². The molecule has 0 radical (unpaired) electrons. The van der Waals surface area contributed by atoms with Crippen molar-refractivity contribution in [3.05, 3.63) is 53.6 Å². The minimum atomic E-state index is -0.516. The molecule has 1 heterocycles. The Labute approximate surface area is 157 Å². The highest BCUT2D eigenvalue weighted by Crippen LogP contribution is 2.17. The first-order valence-electron chi connectivity index (χ1n) is 9.74. The van der Waals surface area contributed by atoms with Gasteiger partial charge in [-0.25, -0.2) is 14.8 Å². The van der Waals surface area contributed by atoms with Gasteiger partial charge in [-0.05, 0) is 48.4 Å². The number of aryl methyl sites for hydroxylation is 1. The highest BCUT2D eigenvalue weighted by Gasteiger charge is 2.12. The fraction of sp³-hybridized carbons (Fsp3) is 0.500. The first-order valence-corrected chi connectivity index (χ1v) is 9.74. The molecular formula is C22H30N2O2. The summed E-state index contributed by atoms with van der Waals surface area (Å²) in [5.41, 5.74) is 2.31. The molecule has 0 unspecified atom stereocenters. The number of aromatic nitrogens is 2. The molecule has 0 spiro atoms. The van der Waals surface area contributed by atoms with Crippen LogP contribution in [0.5, 0.6) is 5.75 Å². The number of esters is 1. The van der Waals surface area contributed by atoms with Crippen LogP contribution < -0.4 is 4.74 Å². The lowest BCUT2D eigenvalue weighted by atomic mass is 9.99. The molecule has 0 bridgehead atoms.